The first-order valence-corrected chi connectivity index (χ1v) is 8.83. The van der Waals surface area contributed by atoms with Gasteiger partial charge in [0.25, 0.3) is 0 Å². The van der Waals surface area contributed by atoms with Crippen molar-refractivity contribution in [2.45, 2.75) is 32.8 Å². The minimum absolute atomic E-state index is 0.00334. The summed E-state index contributed by atoms with van der Waals surface area (Å²) in [5.74, 6) is 0.00334. The molecule has 1 N–H and O–H groups in total. The van der Waals surface area contributed by atoms with Crippen molar-refractivity contribution in [1.82, 2.24) is 5.32 Å². The molecule has 24 heavy (non-hydrogen) atoms. The molecule has 0 aliphatic rings. The smallest absolute Gasteiger partial charge is 0.412 e. The molecule has 126 valence electrons. The third kappa shape index (κ3) is 6.01. The van der Waals surface area contributed by atoms with Crippen LogP contribution in [0.25, 0.3) is 5.70 Å². The van der Waals surface area contributed by atoms with Crippen molar-refractivity contribution in [3.63, 3.8) is 0 Å². The average molecular weight is 343 g/mol. The van der Waals surface area contributed by atoms with E-state index in [9.17, 15) is 9.59 Å². The number of rotatable bonds is 8. The second-order valence-corrected chi connectivity index (χ2v) is 6.24. The molecule has 0 saturated carbocycles. The molecule has 0 spiro atoms. The minimum Gasteiger partial charge on any atom is -0.444 e. The van der Waals surface area contributed by atoms with Gasteiger partial charge < -0.3 is 4.74 Å². The lowest BCUT2D eigenvalue weighted by Gasteiger charge is -2.09. The molecule has 0 bridgehead atoms. The molecule has 2 rings (SSSR count). The van der Waals surface area contributed by atoms with Crippen molar-refractivity contribution in [3.8, 4) is 0 Å². The molecular weight excluding hydrogens is 322 g/mol. The van der Waals surface area contributed by atoms with E-state index in [0.717, 1.165) is 23.3 Å². The first-order valence-electron chi connectivity index (χ1n) is 7.95. The lowest BCUT2D eigenvalue weighted by Crippen LogP contribution is -2.23. The minimum atomic E-state index is -0.568. The van der Waals surface area contributed by atoms with Crippen LogP contribution in [0.5, 0.6) is 0 Å². The fourth-order valence-corrected chi connectivity index (χ4v) is 2.75. The van der Waals surface area contributed by atoms with Gasteiger partial charge in [0.1, 0.15) is 6.61 Å². The number of carbonyl (C=O) groups is 2. The zero-order chi connectivity index (χ0) is 17.2. The van der Waals surface area contributed by atoms with Crippen LogP contribution in [0.2, 0.25) is 0 Å². The predicted octanol–water partition coefficient (Wildman–Crippen LogP) is 4.77. The van der Waals surface area contributed by atoms with Gasteiger partial charge in [-0.3, -0.25) is 10.1 Å². The van der Waals surface area contributed by atoms with Crippen LogP contribution in [-0.4, -0.2) is 11.9 Å². The van der Waals surface area contributed by atoms with Crippen LogP contribution in [0.15, 0.2) is 53.9 Å². The summed E-state index contributed by atoms with van der Waals surface area (Å²) in [7, 11) is 0. The normalized spacial score (nSPS) is 11.1. The van der Waals surface area contributed by atoms with Gasteiger partial charge >= 0.3 is 6.09 Å². The second-order valence-electron chi connectivity index (χ2n) is 5.29. The Morgan fingerprint density at radius 1 is 1.17 bits per heavy atom. The molecule has 0 unspecified atom stereocenters. The zero-order valence-corrected chi connectivity index (χ0v) is 14.5. The molecule has 0 radical (unpaired) electrons. The zero-order valence-electron chi connectivity index (χ0n) is 13.7. The molecule has 0 aliphatic carbocycles. The van der Waals surface area contributed by atoms with E-state index in [1.807, 2.05) is 54.8 Å². The number of alkyl carbamates (subject to hydrolysis) is 1. The Balaban J connectivity index is 1.98. The molecule has 0 saturated heterocycles. The molecule has 1 amide bonds. The highest BCUT2D eigenvalue weighted by atomic mass is 32.1. The molecule has 0 fully saturated rings. The Morgan fingerprint density at radius 3 is 2.62 bits per heavy atom. The number of amides is 1. The third-order valence-electron chi connectivity index (χ3n) is 3.32. The maximum Gasteiger partial charge on any atom is 0.412 e. The highest BCUT2D eigenvalue weighted by Crippen LogP contribution is 2.18. The highest BCUT2D eigenvalue weighted by molar-refractivity contribution is 7.11. The highest BCUT2D eigenvalue weighted by Gasteiger charge is 2.11. The summed E-state index contributed by atoms with van der Waals surface area (Å²) in [4.78, 5) is 24.9. The van der Waals surface area contributed by atoms with Gasteiger partial charge in [-0.2, -0.15) is 0 Å². The van der Waals surface area contributed by atoms with Gasteiger partial charge in [-0.05, 0) is 23.4 Å². The Kier molecular flexibility index (Phi) is 7.23. The molecule has 1 aromatic carbocycles. The van der Waals surface area contributed by atoms with Crippen molar-refractivity contribution >= 4 is 28.9 Å². The number of benzene rings is 1. The molecule has 0 aliphatic heterocycles. The number of ether oxygens (including phenoxy) is 1. The summed E-state index contributed by atoms with van der Waals surface area (Å²) in [5, 5.41) is 4.59. The topological polar surface area (TPSA) is 55.4 Å². The van der Waals surface area contributed by atoms with Crippen LogP contribution in [0.4, 0.5) is 4.79 Å². The number of ketones is 1. The summed E-state index contributed by atoms with van der Waals surface area (Å²) in [5.41, 5.74) is 1.40. The van der Waals surface area contributed by atoms with E-state index in [4.69, 9.17) is 4.74 Å². The third-order valence-corrected chi connectivity index (χ3v) is 4.22. The van der Waals surface area contributed by atoms with Crippen molar-refractivity contribution in [2.75, 3.05) is 0 Å². The van der Waals surface area contributed by atoms with Gasteiger partial charge in [-0.25, -0.2) is 4.79 Å². The van der Waals surface area contributed by atoms with Crippen molar-refractivity contribution in [1.29, 1.82) is 0 Å². The van der Waals surface area contributed by atoms with E-state index < -0.39 is 6.09 Å². The first kappa shape index (κ1) is 17.9. The van der Waals surface area contributed by atoms with E-state index in [-0.39, 0.29) is 12.4 Å². The van der Waals surface area contributed by atoms with E-state index >= 15 is 0 Å². The van der Waals surface area contributed by atoms with Crippen molar-refractivity contribution in [2.24, 2.45) is 0 Å². The van der Waals surface area contributed by atoms with Crippen LogP contribution in [-0.2, 0) is 16.1 Å². The van der Waals surface area contributed by atoms with E-state index in [1.165, 1.54) is 17.4 Å². The van der Waals surface area contributed by atoms with E-state index in [0.29, 0.717) is 12.1 Å². The SMILES string of the molecule is CCCCC(=O)/C=C(\NC(=O)OCc1ccccc1)c1cccs1. The number of thiophene rings is 1. The number of nitrogens with one attached hydrogen (secondary N) is 1. The van der Waals surface area contributed by atoms with Crippen LogP contribution in [0.3, 0.4) is 0 Å². The number of unbranched alkanes of at least 4 members (excludes halogenated alkanes) is 1. The Bertz CT molecular complexity index is 678. The number of allylic oxidation sites excluding steroid dienone is 1. The van der Waals surface area contributed by atoms with Gasteiger partial charge in [0.05, 0.1) is 10.6 Å². The largest absolute Gasteiger partial charge is 0.444 e. The fraction of sp³-hybridized carbons (Fsp3) is 0.263. The van der Waals surface area contributed by atoms with Crippen LogP contribution in [0, 0.1) is 0 Å². The average Bonchev–Trinajstić information content (AvgIpc) is 3.13. The maximum absolute atomic E-state index is 12.0. The summed E-state index contributed by atoms with van der Waals surface area (Å²) >= 11 is 1.46. The molecule has 0 atom stereocenters. The molecule has 5 heteroatoms. The molecule has 4 nitrogen and oxygen atoms in total. The van der Waals surface area contributed by atoms with Crippen molar-refractivity contribution < 1.29 is 14.3 Å². The summed E-state index contributed by atoms with van der Waals surface area (Å²) < 4.78 is 5.22. The maximum atomic E-state index is 12.0. The Labute approximate surface area is 146 Å². The van der Waals surface area contributed by atoms with Gasteiger partial charge in [-0.15, -0.1) is 11.3 Å². The lowest BCUT2D eigenvalue weighted by molar-refractivity contribution is -0.114. The molecule has 1 aromatic heterocycles. The van der Waals surface area contributed by atoms with Crippen LogP contribution >= 0.6 is 11.3 Å². The lowest BCUT2D eigenvalue weighted by atomic mass is 10.1. The quantitative estimate of drug-likeness (QED) is 0.702. The molecule has 2 aromatic rings. The summed E-state index contributed by atoms with van der Waals surface area (Å²) in [6.45, 7) is 2.23. The van der Waals surface area contributed by atoms with E-state index in [1.54, 1.807) is 0 Å². The molecule has 1 heterocycles. The predicted molar refractivity (Wildman–Crippen MR) is 96.6 cm³/mol. The monoisotopic (exact) mass is 343 g/mol. The van der Waals surface area contributed by atoms with Crippen molar-refractivity contribution in [3.05, 3.63) is 64.4 Å². The first-order chi connectivity index (χ1) is 11.7. The fourth-order valence-electron chi connectivity index (χ4n) is 2.05. The second kappa shape index (κ2) is 9.67. The van der Waals surface area contributed by atoms with E-state index in [2.05, 4.69) is 5.32 Å². The van der Waals surface area contributed by atoms with Crippen LogP contribution in [0.1, 0.15) is 36.6 Å². The van der Waals surface area contributed by atoms with Gasteiger partial charge in [0.2, 0.25) is 0 Å². The Hall–Kier alpha value is -2.40. The van der Waals surface area contributed by atoms with Crippen LogP contribution < -0.4 is 5.32 Å². The number of carbonyl (C=O) groups excluding carboxylic acids is 2. The standard InChI is InChI=1S/C19H21NO3S/c1-2-3-10-16(21)13-17(18-11-7-12-24-18)20-19(22)23-14-15-8-5-4-6-9-15/h4-9,11-13H,2-3,10,14H2,1H3,(H,20,22)/b17-13-. The summed E-state index contributed by atoms with van der Waals surface area (Å²) in [6.07, 6.45) is 3.20. The van der Waals surface area contributed by atoms with Gasteiger partial charge in [0.15, 0.2) is 5.78 Å². The van der Waals surface area contributed by atoms with Gasteiger partial charge in [0, 0.05) is 12.5 Å². The number of hydrogen-bond donors (Lipinski definition) is 1. The molecular formula is C19H21NO3S. The van der Waals surface area contributed by atoms with Gasteiger partial charge in [-0.1, -0.05) is 49.7 Å². The summed E-state index contributed by atoms with van der Waals surface area (Å²) in [6, 6.07) is 13.2. The Morgan fingerprint density at radius 2 is 1.96 bits per heavy atom. The number of hydrogen-bond acceptors (Lipinski definition) is 4.